The van der Waals surface area contributed by atoms with E-state index in [-0.39, 0.29) is 0 Å². The van der Waals surface area contributed by atoms with Gasteiger partial charge in [0, 0.05) is 22.5 Å². The molecule has 0 saturated heterocycles. The van der Waals surface area contributed by atoms with Crippen molar-refractivity contribution in [3.8, 4) is 22.8 Å². The molecule has 4 nitrogen and oxygen atoms in total. The van der Waals surface area contributed by atoms with Gasteiger partial charge in [-0.05, 0) is 36.4 Å². The molecule has 2 aromatic carbocycles. The standard InChI is InChI=1S/C20H18Cl2N2O2S/c1-4-9-24-18(15-11-14(25-2)6-8-19(15)26-3)12-27-20(24)23-17-7-5-13(21)10-16(17)22/h4-8,10-12H,1,9H2,2-3H3. The predicted octanol–water partition coefficient (Wildman–Crippen LogP) is 5.96. The zero-order valence-electron chi connectivity index (χ0n) is 14.9. The van der Waals surface area contributed by atoms with Crippen LogP contribution in [0.4, 0.5) is 5.69 Å². The number of halogens is 2. The number of hydrogen-bond donors (Lipinski definition) is 0. The van der Waals surface area contributed by atoms with Crippen molar-refractivity contribution in [1.82, 2.24) is 4.57 Å². The van der Waals surface area contributed by atoms with Gasteiger partial charge >= 0.3 is 0 Å². The van der Waals surface area contributed by atoms with Crippen molar-refractivity contribution >= 4 is 40.2 Å². The molecule has 0 saturated carbocycles. The summed E-state index contributed by atoms with van der Waals surface area (Å²) in [6.45, 7) is 4.45. The third-order valence-corrected chi connectivity index (χ3v) is 5.32. The maximum Gasteiger partial charge on any atom is 0.190 e. The average Bonchev–Trinajstić information content (AvgIpc) is 3.06. The molecule has 3 aromatic rings. The van der Waals surface area contributed by atoms with Gasteiger partial charge in [0.05, 0.1) is 30.6 Å². The van der Waals surface area contributed by atoms with Gasteiger partial charge in [0.15, 0.2) is 4.80 Å². The van der Waals surface area contributed by atoms with Crippen molar-refractivity contribution in [3.63, 3.8) is 0 Å². The van der Waals surface area contributed by atoms with Gasteiger partial charge in [-0.25, -0.2) is 4.99 Å². The molecule has 0 N–H and O–H groups in total. The first-order valence-electron chi connectivity index (χ1n) is 8.08. The third-order valence-electron chi connectivity index (χ3n) is 3.92. The predicted molar refractivity (Wildman–Crippen MR) is 113 cm³/mol. The van der Waals surface area contributed by atoms with E-state index >= 15 is 0 Å². The summed E-state index contributed by atoms with van der Waals surface area (Å²) in [5.74, 6) is 1.50. The lowest BCUT2D eigenvalue weighted by Gasteiger charge is -2.12. The average molecular weight is 421 g/mol. The molecule has 0 radical (unpaired) electrons. The number of hydrogen-bond acceptors (Lipinski definition) is 4. The van der Waals surface area contributed by atoms with Crippen LogP contribution in [0, 0.1) is 0 Å². The second kappa shape index (κ2) is 8.65. The quantitative estimate of drug-likeness (QED) is 0.461. The van der Waals surface area contributed by atoms with E-state index in [1.54, 1.807) is 32.4 Å². The Kier molecular flexibility index (Phi) is 6.26. The van der Waals surface area contributed by atoms with Crippen molar-refractivity contribution in [2.75, 3.05) is 14.2 Å². The lowest BCUT2D eigenvalue weighted by molar-refractivity contribution is 0.404. The fourth-order valence-corrected chi connectivity index (χ4v) is 4.00. The topological polar surface area (TPSA) is 35.8 Å². The van der Waals surface area contributed by atoms with Crippen molar-refractivity contribution in [1.29, 1.82) is 0 Å². The Hall–Kier alpha value is -2.21. The SMILES string of the molecule is C=CCn1c(-c2cc(OC)ccc2OC)csc1=Nc1ccc(Cl)cc1Cl. The maximum absolute atomic E-state index is 6.28. The summed E-state index contributed by atoms with van der Waals surface area (Å²) >= 11 is 13.8. The number of rotatable bonds is 6. The Morgan fingerprint density at radius 2 is 1.96 bits per heavy atom. The number of methoxy groups -OCH3 is 2. The fraction of sp³-hybridized carbons (Fsp3) is 0.150. The Morgan fingerprint density at radius 1 is 1.15 bits per heavy atom. The first-order chi connectivity index (χ1) is 13.1. The summed E-state index contributed by atoms with van der Waals surface area (Å²) in [7, 11) is 3.29. The number of thiazole rings is 1. The summed E-state index contributed by atoms with van der Waals surface area (Å²) < 4.78 is 13.0. The molecule has 0 aliphatic carbocycles. The minimum atomic E-state index is 0.501. The number of ether oxygens (including phenoxy) is 2. The highest BCUT2D eigenvalue weighted by atomic mass is 35.5. The van der Waals surface area contributed by atoms with Gasteiger partial charge < -0.3 is 14.0 Å². The van der Waals surface area contributed by atoms with Crippen LogP contribution in [0.25, 0.3) is 11.3 Å². The number of nitrogens with zero attached hydrogens (tertiary/aromatic N) is 2. The second-order valence-electron chi connectivity index (χ2n) is 5.58. The lowest BCUT2D eigenvalue weighted by atomic mass is 10.1. The van der Waals surface area contributed by atoms with Gasteiger partial charge in [0.25, 0.3) is 0 Å². The summed E-state index contributed by atoms with van der Waals surface area (Å²) in [6, 6.07) is 10.9. The molecule has 3 rings (SSSR count). The van der Waals surface area contributed by atoms with Gasteiger partial charge in [0.1, 0.15) is 11.5 Å². The highest BCUT2D eigenvalue weighted by molar-refractivity contribution is 7.07. The van der Waals surface area contributed by atoms with Crippen LogP contribution in [0.15, 0.2) is 59.4 Å². The van der Waals surface area contributed by atoms with Crippen LogP contribution < -0.4 is 14.3 Å². The van der Waals surface area contributed by atoms with Crippen LogP contribution in [0.5, 0.6) is 11.5 Å². The van der Waals surface area contributed by atoms with Crippen molar-refractivity contribution in [2.45, 2.75) is 6.54 Å². The fourth-order valence-electron chi connectivity index (χ4n) is 2.63. The van der Waals surface area contributed by atoms with Crippen LogP contribution in [-0.4, -0.2) is 18.8 Å². The van der Waals surface area contributed by atoms with Crippen LogP contribution in [-0.2, 0) is 6.54 Å². The molecule has 0 fully saturated rings. The molecule has 0 spiro atoms. The van der Waals surface area contributed by atoms with E-state index in [1.165, 1.54) is 11.3 Å². The third kappa shape index (κ3) is 4.21. The molecule has 0 amide bonds. The molecule has 0 aliphatic heterocycles. The zero-order valence-corrected chi connectivity index (χ0v) is 17.2. The van der Waals surface area contributed by atoms with Gasteiger partial charge in [-0.3, -0.25) is 0 Å². The molecule has 7 heteroatoms. The van der Waals surface area contributed by atoms with Crippen LogP contribution in [0.1, 0.15) is 0 Å². The van der Waals surface area contributed by atoms with E-state index in [9.17, 15) is 0 Å². The smallest absolute Gasteiger partial charge is 0.190 e. The summed E-state index contributed by atoms with van der Waals surface area (Å²) in [4.78, 5) is 5.51. The first-order valence-corrected chi connectivity index (χ1v) is 9.72. The zero-order chi connectivity index (χ0) is 19.4. The van der Waals surface area contributed by atoms with Crippen molar-refractivity contribution < 1.29 is 9.47 Å². The highest BCUT2D eigenvalue weighted by Crippen LogP contribution is 2.34. The normalized spacial score (nSPS) is 11.5. The molecular formula is C20H18Cl2N2O2S. The minimum Gasteiger partial charge on any atom is -0.497 e. The Balaban J connectivity index is 2.20. The van der Waals surface area contributed by atoms with Gasteiger partial charge in [0.2, 0.25) is 0 Å². The Morgan fingerprint density at radius 3 is 2.63 bits per heavy atom. The molecule has 0 unspecified atom stereocenters. The first kappa shape index (κ1) is 19.5. The molecule has 0 aliphatic rings. The summed E-state index contributed by atoms with van der Waals surface area (Å²) in [6.07, 6.45) is 1.82. The molecule has 0 atom stereocenters. The van der Waals surface area contributed by atoms with E-state index in [4.69, 9.17) is 37.7 Å². The number of aromatic nitrogens is 1. The van der Waals surface area contributed by atoms with Crippen LogP contribution >= 0.6 is 34.5 Å². The van der Waals surface area contributed by atoms with E-state index in [2.05, 4.69) is 11.1 Å². The summed E-state index contributed by atoms with van der Waals surface area (Å²) in [5, 5.41) is 3.11. The summed E-state index contributed by atoms with van der Waals surface area (Å²) in [5.41, 5.74) is 2.53. The van der Waals surface area contributed by atoms with Gasteiger partial charge in [-0.15, -0.1) is 17.9 Å². The second-order valence-corrected chi connectivity index (χ2v) is 7.26. The van der Waals surface area contributed by atoms with E-state index in [1.807, 2.05) is 29.7 Å². The number of allylic oxidation sites excluding steroid dienone is 1. The Bertz CT molecular complexity index is 1040. The molecule has 27 heavy (non-hydrogen) atoms. The van der Waals surface area contributed by atoms with E-state index < -0.39 is 0 Å². The van der Waals surface area contributed by atoms with E-state index in [0.717, 1.165) is 27.6 Å². The highest BCUT2D eigenvalue weighted by Gasteiger charge is 2.14. The molecular weight excluding hydrogens is 403 g/mol. The van der Waals surface area contributed by atoms with Gasteiger partial charge in [-0.2, -0.15) is 0 Å². The van der Waals surface area contributed by atoms with Crippen molar-refractivity contribution in [2.24, 2.45) is 4.99 Å². The van der Waals surface area contributed by atoms with Gasteiger partial charge in [-0.1, -0.05) is 29.3 Å². The number of benzene rings is 2. The Labute approximate surface area is 171 Å². The van der Waals surface area contributed by atoms with E-state index in [0.29, 0.717) is 22.3 Å². The molecule has 1 aromatic heterocycles. The lowest BCUT2D eigenvalue weighted by Crippen LogP contribution is -2.15. The molecule has 0 bridgehead atoms. The molecule has 1 heterocycles. The minimum absolute atomic E-state index is 0.501. The molecule has 140 valence electrons. The maximum atomic E-state index is 6.28. The van der Waals surface area contributed by atoms with Crippen molar-refractivity contribution in [3.05, 3.63) is 69.3 Å². The van der Waals surface area contributed by atoms with Crippen LogP contribution in [0.3, 0.4) is 0 Å². The largest absolute Gasteiger partial charge is 0.497 e. The van der Waals surface area contributed by atoms with Crippen LogP contribution in [0.2, 0.25) is 10.0 Å². The monoisotopic (exact) mass is 420 g/mol.